The fourth-order valence-corrected chi connectivity index (χ4v) is 1.77. The number of H-pyrrole nitrogens is 1. The van der Waals surface area contributed by atoms with Gasteiger partial charge >= 0.3 is 0 Å². The standard InChI is InChI=1S/C12H14FN/c1-3-8(2)10-7-14-12-9(10)5-4-6-11(12)13/h4-8,14H,3H2,1-2H3. The predicted molar refractivity (Wildman–Crippen MR) is 57.0 cm³/mol. The Hall–Kier alpha value is -1.31. The molecule has 74 valence electrons. The van der Waals surface area contributed by atoms with Crippen molar-refractivity contribution in [3.8, 4) is 0 Å². The number of halogens is 1. The van der Waals surface area contributed by atoms with E-state index in [2.05, 4.69) is 18.8 Å². The zero-order valence-electron chi connectivity index (χ0n) is 8.47. The first-order chi connectivity index (χ1) is 6.74. The summed E-state index contributed by atoms with van der Waals surface area (Å²) in [5, 5.41) is 1.01. The van der Waals surface area contributed by atoms with Gasteiger partial charge in [0.2, 0.25) is 0 Å². The van der Waals surface area contributed by atoms with E-state index in [9.17, 15) is 4.39 Å². The number of fused-ring (bicyclic) bond motifs is 1. The van der Waals surface area contributed by atoms with Gasteiger partial charge in [-0.1, -0.05) is 26.0 Å². The van der Waals surface area contributed by atoms with E-state index in [1.165, 1.54) is 11.6 Å². The van der Waals surface area contributed by atoms with Crippen molar-refractivity contribution in [3.63, 3.8) is 0 Å². The van der Waals surface area contributed by atoms with Crippen molar-refractivity contribution in [3.05, 3.63) is 35.8 Å². The maximum Gasteiger partial charge on any atom is 0.147 e. The maximum absolute atomic E-state index is 13.3. The molecule has 2 heteroatoms. The number of aromatic nitrogens is 1. The molecular formula is C12H14FN. The molecule has 14 heavy (non-hydrogen) atoms. The molecule has 0 saturated carbocycles. The Bertz CT molecular complexity index is 445. The van der Waals surface area contributed by atoms with Crippen LogP contribution < -0.4 is 0 Å². The maximum atomic E-state index is 13.3. The molecule has 1 nitrogen and oxygen atoms in total. The molecule has 1 heterocycles. The van der Waals surface area contributed by atoms with Crippen molar-refractivity contribution in [2.75, 3.05) is 0 Å². The second-order valence-electron chi connectivity index (χ2n) is 3.72. The Morgan fingerprint density at radius 1 is 1.43 bits per heavy atom. The third kappa shape index (κ3) is 1.31. The average Bonchev–Trinajstić information content (AvgIpc) is 2.62. The molecular weight excluding hydrogens is 177 g/mol. The van der Waals surface area contributed by atoms with Gasteiger partial charge in [0.25, 0.3) is 0 Å². The lowest BCUT2D eigenvalue weighted by molar-refractivity contribution is 0.637. The van der Waals surface area contributed by atoms with Crippen LogP contribution in [0.25, 0.3) is 10.9 Å². The van der Waals surface area contributed by atoms with Crippen LogP contribution in [0.15, 0.2) is 24.4 Å². The van der Waals surface area contributed by atoms with Crippen LogP contribution in [0.2, 0.25) is 0 Å². The van der Waals surface area contributed by atoms with Gasteiger partial charge in [-0.25, -0.2) is 4.39 Å². The third-order valence-corrected chi connectivity index (χ3v) is 2.84. The number of hydrogen-bond donors (Lipinski definition) is 1. The minimum absolute atomic E-state index is 0.169. The van der Waals surface area contributed by atoms with Gasteiger partial charge in [0.05, 0.1) is 5.52 Å². The minimum atomic E-state index is -0.169. The average molecular weight is 191 g/mol. The van der Waals surface area contributed by atoms with Gasteiger partial charge in [-0.3, -0.25) is 0 Å². The molecule has 0 amide bonds. The molecule has 0 spiro atoms. The normalized spacial score (nSPS) is 13.4. The summed E-state index contributed by atoms with van der Waals surface area (Å²) in [7, 11) is 0. The van der Waals surface area contributed by atoms with Gasteiger partial charge in [-0.05, 0) is 24.0 Å². The van der Waals surface area contributed by atoms with Gasteiger partial charge in [0.15, 0.2) is 0 Å². The molecule has 0 saturated heterocycles. The summed E-state index contributed by atoms with van der Waals surface area (Å²) in [6.07, 6.45) is 2.99. The molecule has 1 atom stereocenters. The number of benzene rings is 1. The Balaban J connectivity index is 2.63. The Morgan fingerprint density at radius 3 is 2.93 bits per heavy atom. The van der Waals surface area contributed by atoms with E-state index in [0.717, 1.165) is 11.8 Å². The van der Waals surface area contributed by atoms with Crippen LogP contribution in [-0.2, 0) is 0 Å². The van der Waals surface area contributed by atoms with Crippen molar-refractivity contribution in [2.24, 2.45) is 0 Å². The van der Waals surface area contributed by atoms with E-state index in [0.29, 0.717) is 11.4 Å². The van der Waals surface area contributed by atoms with Crippen LogP contribution in [-0.4, -0.2) is 4.98 Å². The lowest BCUT2D eigenvalue weighted by atomic mass is 9.98. The second kappa shape index (κ2) is 3.45. The fourth-order valence-electron chi connectivity index (χ4n) is 1.77. The molecule has 0 aliphatic heterocycles. The molecule has 1 aromatic carbocycles. The first-order valence-electron chi connectivity index (χ1n) is 4.99. The molecule has 0 radical (unpaired) electrons. The summed E-state index contributed by atoms with van der Waals surface area (Å²) < 4.78 is 13.3. The van der Waals surface area contributed by atoms with E-state index < -0.39 is 0 Å². The number of para-hydroxylation sites is 1. The van der Waals surface area contributed by atoms with Crippen molar-refractivity contribution in [2.45, 2.75) is 26.2 Å². The van der Waals surface area contributed by atoms with Gasteiger partial charge in [0.1, 0.15) is 5.82 Å². The van der Waals surface area contributed by atoms with Crippen LogP contribution >= 0.6 is 0 Å². The monoisotopic (exact) mass is 191 g/mol. The van der Waals surface area contributed by atoms with Gasteiger partial charge < -0.3 is 4.98 Å². The van der Waals surface area contributed by atoms with E-state index >= 15 is 0 Å². The zero-order valence-corrected chi connectivity index (χ0v) is 8.47. The molecule has 0 aliphatic carbocycles. The summed E-state index contributed by atoms with van der Waals surface area (Å²) in [6.45, 7) is 4.30. The summed E-state index contributed by atoms with van der Waals surface area (Å²) in [5.41, 5.74) is 1.84. The largest absolute Gasteiger partial charge is 0.359 e. The molecule has 1 N–H and O–H groups in total. The molecule has 1 unspecified atom stereocenters. The number of nitrogens with one attached hydrogen (secondary N) is 1. The van der Waals surface area contributed by atoms with Crippen molar-refractivity contribution >= 4 is 10.9 Å². The Labute approximate surface area is 82.9 Å². The fraction of sp³-hybridized carbons (Fsp3) is 0.333. The highest BCUT2D eigenvalue weighted by Crippen LogP contribution is 2.28. The lowest BCUT2D eigenvalue weighted by Crippen LogP contribution is -1.88. The lowest BCUT2D eigenvalue weighted by Gasteiger charge is -2.06. The number of rotatable bonds is 2. The topological polar surface area (TPSA) is 15.8 Å². The first-order valence-corrected chi connectivity index (χ1v) is 4.99. The quantitative estimate of drug-likeness (QED) is 0.742. The van der Waals surface area contributed by atoms with E-state index in [4.69, 9.17) is 0 Å². The highest BCUT2D eigenvalue weighted by Gasteiger charge is 2.11. The van der Waals surface area contributed by atoms with Crippen LogP contribution in [0.4, 0.5) is 4.39 Å². The Kier molecular flexibility index (Phi) is 2.28. The summed E-state index contributed by atoms with van der Waals surface area (Å²) in [5.74, 6) is 0.308. The number of hydrogen-bond acceptors (Lipinski definition) is 0. The minimum Gasteiger partial charge on any atom is -0.359 e. The third-order valence-electron chi connectivity index (χ3n) is 2.84. The first kappa shape index (κ1) is 9.25. The Morgan fingerprint density at radius 2 is 2.21 bits per heavy atom. The predicted octanol–water partition coefficient (Wildman–Crippen LogP) is 3.82. The molecule has 0 aliphatic rings. The summed E-state index contributed by atoms with van der Waals surface area (Å²) in [6, 6.07) is 5.22. The van der Waals surface area contributed by atoms with E-state index in [1.807, 2.05) is 12.3 Å². The van der Waals surface area contributed by atoms with Crippen LogP contribution in [0, 0.1) is 5.82 Å². The molecule has 2 aromatic rings. The molecule has 2 rings (SSSR count). The van der Waals surface area contributed by atoms with E-state index in [-0.39, 0.29) is 5.82 Å². The van der Waals surface area contributed by atoms with Crippen molar-refractivity contribution in [1.29, 1.82) is 0 Å². The summed E-state index contributed by atoms with van der Waals surface area (Å²) in [4.78, 5) is 3.00. The van der Waals surface area contributed by atoms with Crippen LogP contribution in [0.5, 0.6) is 0 Å². The second-order valence-corrected chi connectivity index (χ2v) is 3.72. The SMILES string of the molecule is CCC(C)c1c[nH]c2c(F)cccc12. The van der Waals surface area contributed by atoms with Crippen molar-refractivity contribution < 1.29 is 4.39 Å². The molecule has 0 fully saturated rings. The van der Waals surface area contributed by atoms with Gasteiger partial charge in [0, 0.05) is 11.6 Å². The van der Waals surface area contributed by atoms with Gasteiger partial charge in [-0.15, -0.1) is 0 Å². The summed E-state index contributed by atoms with van der Waals surface area (Å²) >= 11 is 0. The van der Waals surface area contributed by atoms with Crippen molar-refractivity contribution in [1.82, 2.24) is 4.98 Å². The zero-order chi connectivity index (χ0) is 10.1. The highest BCUT2D eigenvalue weighted by atomic mass is 19.1. The van der Waals surface area contributed by atoms with Crippen LogP contribution in [0.1, 0.15) is 31.7 Å². The van der Waals surface area contributed by atoms with Crippen LogP contribution in [0.3, 0.4) is 0 Å². The van der Waals surface area contributed by atoms with Gasteiger partial charge in [-0.2, -0.15) is 0 Å². The number of aromatic amines is 1. The van der Waals surface area contributed by atoms with E-state index in [1.54, 1.807) is 6.07 Å². The smallest absolute Gasteiger partial charge is 0.147 e. The molecule has 1 aromatic heterocycles. The molecule has 0 bridgehead atoms. The highest BCUT2D eigenvalue weighted by molar-refractivity contribution is 5.84.